The highest BCUT2D eigenvalue weighted by molar-refractivity contribution is 6.09. The number of nitrogens with one attached hydrogen (secondary N) is 2. The molecule has 1 fully saturated rings. The lowest BCUT2D eigenvalue weighted by Crippen LogP contribution is -2.32. The van der Waals surface area contributed by atoms with E-state index in [1.807, 2.05) is 12.1 Å². The summed E-state index contributed by atoms with van der Waals surface area (Å²) in [6.07, 6.45) is 2.00. The first-order valence-corrected chi connectivity index (χ1v) is 9.52. The molecule has 4 rings (SSSR count). The number of amides is 2. The van der Waals surface area contributed by atoms with Crippen molar-refractivity contribution in [2.45, 2.75) is 18.9 Å². The third-order valence-electron chi connectivity index (χ3n) is 4.89. The van der Waals surface area contributed by atoms with E-state index >= 15 is 0 Å². The largest absolute Gasteiger partial charge is 0.493 e. The number of methoxy groups -OCH3 is 1. The Morgan fingerprint density at radius 1 is 1.14 bits per heavy atom. The first-order chi connectivity index (χ1) is 14.2. The minimum Gasteiger partial charge on any atom is -0.493 e. The molecule has 3 aromatic rings. The third-order valence-corrected chi connectivity index (χ3v) is 4.89. The van der Waals surface area contributed by atoms with Gasteiger partial charge in [0.05, 0.1) is 24.5 Å². The SMILES string of the molecule is COc1cccc2cc(C(=O)Nc3ccccc3C(=O)NC[C@@H]3CCCO3)oc12. The van der Waals surface area contributed by atoms with Crippen molar-refractivity contribution in [3.8, 4) is 5.75 Å². The zero-order chi connectivity index (χ0) is 20.2. The summed E-state index contributed by atoms with van der Waals surface area (Å²) in [6.45, 7) is 1.18. The van der Waals surface area contributed by atoms with Crippen molar-refractivity contribution in [3.63, 3.8) is 0 Å². The van der Waals surface area contributed by atoms with Crippen LogP contribution in [0.25, 0.3) is 11.0 Å². The maximum atomic E-state index is 12.7. The number of para-hydroxylation sites is 2. The highest BCUT2D eigenvalue weighted by Gasteiger charge is 2.20. The highest BCUT2D eigenvalue weighted by atomic mass is 16.5. The van der Waals surface area contributed by atoms with Gasteiger partial charge in [0.25, 0.3) is 11.8 Å². The number of hydrogen-bond acceptors (Lipinski definition) is 5. The maximum Gasteiger partial charge on any atom is 0.291 e. The zero-order valence-corrected chi connectivity index (χ0v) is 16.1. The Labute approximate surface area is 168 Å². The summed E-state index contributed by atoms with van der Waals surface area (Å²) in [5.41, 5.74) is 1.30. The molecule has 0 unspecified atom stereocenters. The van der Waals surface area contributed by atoms with Crippen LogP contribution in [0.5, 0.6) is 5.75 Å². The van der Waals surface area contributed by atoms with Crippen molar-refractivity contribution >= 4 is 28.5 Å². The van der Waals surface area contributed by atoms with Crippen molar-refractivity contribution in [1.82, 2.24) is 5.32 Å². The van der Waals surface area contributed by atoms with E-state index in [0.29, 0.717) is 29.1 Å². The van der Waals surface area contributed by atoms with Gasteiger partial charge >= 0.3 is 0 Å². The predicted molar refractivity (Wildman–Crippen MR) is 108 cm³/mol. The molecule has 150 valence electrons. The Hall–Kier alpha value is -3.32. The summed E-state index contributed by atoms with van der Waals surface area (Å²) >= 11 is 0. The zero-order valence-electron chi connectivity index (χ0n) is 16.1. The molecule has 7 heteroatoms. The van der Waals surface area contributed by atoms with Crippen LogP contribution in [0.3, 0.4) is 0 Å². The standard InChI is InChI=1S/C22H22N2O5/c1-27-18-10-4-6-14-12-19(29-20(14)18)22(26)24-17-9-3-2-8-16(17)21(25)23-13-15-7-5-11-28-15/h2-4,6,8-10,12,15H,5,7,11,13H2,1H3,(H,23,25)(H,24,26)/t15-/m0/s1. The normalized spacial score (nSPS) is 16.0. The minimum atomic E-state index is -0.442. The number of carbonyl (C=O) groups is 2. The van der Waals surface area contributed by atoms with Gasteiger partial charge in [0.2, 0.25) is 0 Å². The van der Waals surface area contributed by atoms with E-state index in [4.69, 9.17) is 13.9 Å². The Morgan fingerprint density at radius 3 is 2.79 bits per heavy atom. The van der Waals surface area contributed by atoms with Gasteiger partial charge in [-0.25, -0.2) is 0 Å². The molecular formula is C22H22N2O5. The average molecular weight is 394 g/mol. The van der Waals surface area contributed by atoms with Gasteiger partial charge in [0.1, 0.15) is 0 Å². The van der Waals surface area contributed by atoms with E-state index in [9.17, 15) is 9.59 Å². The summed E-state index contributed by atoms with van der Waals surface area (Å²) < 4.78 is 16.5. The number of fused-ring (bicyclic) bond motifs is 1. The monoisotopic (exact) mass is 394 g/mol. The molecule has 1 aliphatic heterocycles. The van der Waals surface area contributed by atoms with Crippen molar-refractivity contribution in [1.29, 1.82) is 0 Å². The van der Waals surface area contributed by atoms with Gasteiger partial charge in [-0.2, -0.15) is 0 Å². The van der Waals surface area contributed by atoms with Crippen LogP contribution >= 0.6 is 0 Å². The number of ether oxygens (including phenoxy) is 2. The van der Waals surface area contributed by atoms with Gasteiger partial charge in [-0.15, -0.1) is 0 Å². The fourth-order valence-electron chi connectivity index (χ4n) is 3.39. The molecule has 7 nitrogen and oxygen atoms in total. The molecule has 2 heterocycles. The van der Waals surface area contributed by atoms with Gasteiger partial charge in [-0.3, -0.25) is 9.59 Å². The minimum absolute atomic E-state index is 0.0474. The maximum absolute atomic E-state index is 12.7. The molecule has 0 aliphatic carbocycles. The summed E-state index contributed by atoms with van der Waals surface area (Å²) in [4.78, 5) is 25.3. The molecule has 0 radical (unpaired) electrons. The smallest absolute Gasteiger partial charge is 0.291 e. The number of carbonyl (C=O) groups excluding carboxylic acids is 2. The Kier molecular flexibility index (Phi) is 5.48. The molecule has 1 atom stereocenters. The van der Waals surface area contributed by atoms with Crippen LogP contribution in [-0.2, 0) is 4.74 Å². The Balaban J connectivity index is 1.50. The lowest BCUT2D eigenvalue weighted by molar-refractivity contribution is 0.0858. The fraction of sp³-hybridized carbons (Fsp3) is 0.273. The Bertz CT molecular complexity index is 1040. The van der Waals surface area contributed by atoms with E-state index in [1.165, 1.54) is 0 Å². The van der Waals surface area contributed by atoms with Crippen molar-refractivity contribution in [2.24, 2.45) is 0 Å². The van der Waals surface area contributed by atoms with E-state index in [0.717, 1.165) is 24.8 Å². The van der Waals surface area contributed by atoms with Crippen LogP contribution in [0.4, 0.5) is 5.69 Å². The van der Waals surface area contributed by atoms with Crippen LogP contribution in [-0.4, -0.2) is 38.2 Å². The Morgan fingerprint density at radius 2 is 2.00 bits per heavy atom. The lowest BCUT2D eigenvalue weighted by Gasteiger charge is -2.13. The number of furan rings is 1. The van der Waals surface area contributed by atoms with Gasteiger partial charge in [0.15, 0.2) is 17.1 Å². The van der Waals surface area contributed by atoms with Crippen LogP contribution in [0.1, 0.15) is 33.8 Å². The number of hydrogen-bond donors (Lipinski definition) is 2. The second-order valence-electron chi connectivity index (χ2n) is 6.83. The van der Waals surface area contributed by atoms with Gasteiger partial charge < -0.3 is 24.5 Å². The highest BCUT2D eigenvalue weighted by Crippen LogP contribution is 2.29. The molecule has 0 spiro atoms. The third kappa shape index (κ3) is 4.09. The molecule has 1 aliphatic rings. The summed E-state index contributed by atoms with van der Waals surface area (Å²) in [5, 5.41) is 6.41. The molecule has 0 bridgehead atoms. The molecule has 2 aromatic carbocycles. The van der Waals surface area contributed by atoms with E-state index < -0.39 is 5.91 Å². The summed E-state index contributed by atoms with van der Waals surface area (Å²) in [7, 11) is 1.54. The second-order valence-corrected chi connectivity index (χ2v) is 6.83. The van der Waals surface area contributed by atoms with E-state index in [2.05, 4.69) is 10.6 Å². The number of anilines is 1. The molecule has 2 N–H and O–H groups in total. The number of benzene rings is 2. The van der Waals surface area contributed by atoms with Crippen molar-refractivity contribution in [2.75, 3.05) is 25.6 Å². The molecule has 2 amide bonds. The topological polar surface area (TPSA) is 89.8 Å². The quantitative estimate of drug-likeness (QED) is 0.667. The molecule has 0 saturated carbocycles. The van der Waals surface area contributed by atoms with Gasteiger partial charge in [-0.1, -0.05) is 24.3 Å². The van der Waals surface area contributed by atoms with Crippen LogP contribution in [0.2, 0.25) is 0 Å². The predicted octanol–water partition coefficient (Wildman–Crippen LogP) is 3.60. The van der Waals surface area contributed by atoms with E-state index in [1.54, 1.807) is 43.5 Å². The van der Waals surface area contributed by atoms with Crippen LogP contribution < -0.4 is 15.4 Å². The van der Waals surface area contributed by atoms with Gasteiger partial charge in [0, 0.05) is 18.5 Å². The molecular weight excluding hydrogens is 372 g/mol. The lowest BCUT2D eigenvalue weighted by atomic mass is 10.1. The molecule has 29 heavy (non-hydrogen) atoms. The first kappa shape index (κ1) is 19.0. The fourth-order valence-corrected chi connectivity index (χ4v) is 3.39. The van der Waals surface area contributed by atoms with Crippen molar-refractivity contribution in [3.05, 3.63) is 59.9 Å². The second kappa shape index (κ2) is 8.36. The van der Waals surface area contributed by atoms with E-state index in [-0.39, 0.29) is 17.8 Å². The molecule has 1 saturated heterocycles. The summed E-state index contributed by atoms with van der Waals surface area (Å²) in [5.74, 6) is -0.0140. The summed E-state index contributed by atoms with van der Waals surface area (Å²) in [6, 6.07) is 13.9. The van der Waals surface area contributed by atoms with Crippen LogP contribution in [0.15, 0.2) is 52.9 Å². The first-order valence-electron chi connectivity index (χ1n) is 9.52. The van der Waals surface area contributed by atoms with Crippen molar-refractivity contribution < 1.29 is 23.5 Å². The van der Waals surface area contributed by atoms with Gasteiger partial charge in [-0.05, 0) is 37.1 Å². The average Bonchev–Trinajstić information content (AvgIpc) is 3.41. The van der Waals surface area contributed by atoms with Crippen LogP contribution in [0, 0.1) is 0 Å². The molecule has 1 aromatic heterocycles. The number of rotatable bonds is 6.